The first-order valence-electron chi connectivity index (χ1n) is 5.75. The Morgan fingerprint density at radius 3 is 2.85 bits per heavy atom. The van der Waals surface area contributed by atoms with Crippen LogP contribution in [-0.2, 0) is 15.7 Å². The van der Waals surface area contributed by atoms with E-state index in [1.807, 2.05) is 0 Å². The minimum Gasteiger partial charge on any atom is -0.465 e. The maximum atomic E-state index is 12.6. The van der Waals surface area contributed by atoms with Crippen molar-refractivity contribution in [3.8, 4) is 0 Å². The number of ether oxygens (including phenoxy) is 1. The summed E-state index contributed by atoms with van der Waals surface area (Å²) in [6, 6.07) is 3.27. The first-order valence-corrected chi connectivity index (χ1v) is 6.74. The highest BCUT2D eigenvalue weighted by molar-refractivity contribution is 7.99. The van der Waals surface area contributed by atoms with E-state index in [9.17, 15) is 18.0 Å². The van der Waals surface area contributed by atoms with Crippen molar-refractivity contribution in [1.82, 2.24) is 9.97 Å². The third-order valence-corrected chi connectivity index (χ3v) is 3.27. The molecule has 2 aromatic rings. The number of hydrogen-bond acceptors (Lipinski definition) is 4. The van der Waals surface area contributed by atoms with E-state index in [4.69, 9.17) is 4.74 Å². The van der Waals surface area contributed by atoms with Crippen molar-refractivity contribution < 1.29 is 22.7 Å². The van der Waals surface area contributed by atoms with Crippen LogP contribution in [0.5, 0.6) is 0 Å². The van der Waals surface area contributed by atoms with E-state index in [1.165, 1.54) is 6.07 Å². The van der Waals surface area contributed by atoms with Gasteiger partial charge < -0.3 is 9.72 Å². The first-order chi connectivity index (χ1) is 9.40. The minimum atomic E-state index is -4.39. The number of alkyl halides is 3. The number of rotatable bonds is 4. The van der Waals surface area contributed by atoms with Gasteiger partial charge in [-0.15, -0.1) is 0 Å². The number of thioether (sulfide) groups is 1. The molecular weight excluding hydrogens is 293 g/mol. The molecule has 1 heterocycles. The molecule has 2 rings (SSSR count). The van der Waals surface area contributed by atoms with Gasteiger partial charge in [-0.3, -0.25) is 4.79 Å². The van der Waals surface area contributed by atoms with E-state index >= 15 is 0 Å². The van der Waals surface area contributed by atoms with Gasteiger partial charge in [-0.05, 0) is 25.1 Å². The van der Waals surface area contributed by atoms with Crippen LogP contribution in [0, 0.1) is 0 Å². The van der Waals surface area contributed by atoms with Crippen LogP contribution in [0.4, 0.5) is 13.2 Å². The molecule has 0 unspecified atom stereocenters. The van der Waals surface area contributed by atoms with E-state index < -0.39 is 17.7 Å². The van der Waals surface area contributed by atoms with Gasteiger partial charge in [0.25, 0.3) is 0 Å². The Kier molecular flexibility index (Phi) is 4.22. The lowest BCUT2D eigenvalue weighted by atomic mass is 10.2. The molecule has 0 aliphatic rings. The number of aromatic nitrogens is 2. The lowest BCUT2D eigenvalue weighted by molar-refractivity contribution is -0.140. The second-order valence-corrected chi connectivity index (χ2v) is 4.83. The first kappa shape index (κ1) is 14.7. The average molecular weight is 304 g/mol. The van der Waals surface area contributed by atoms with Gasteiger partial charge in [-0.25, -0.2) is 4.98 Å². The molecule has 0 aliphatic heterocycles. The molecule has 0 saturated carbocycles. The molecule has 0 spiro atoms. The fourth-order valence-corrected chi connectivity index (χ4v) is 2.24. The Balaban J connectivity index is 2.15. The molecule has 108 valence electrons. The smallest absolute Gasteiger partial charge is 0.416 e. The van der Waals surface area contributed by atoms with Crippen LogP contribution in [-0.4, -0.2) is 28.3 Å². The molecule has 8 heteroatoms. The van der Waals surface area contributed by atoms with Crippen molar-refractivity contribution in [2.45, 2.75) is 18.3 Å². The molecule has 20 heavy (non-hydrogen) atoms. The zero-order chi connectivity index (χ0) is 14.8. The Morgan fingerprint density at radius 1 is 1.45 bits per heavy atom. The van der Waals surface area contributed by atoms with Gasteiger partial charge in [-0.2, -0.15) is 13.2 Å². The quantitative estimate of drug-likeness (QED) is 0.696. The summed E-state index contributed by atoms with van der Waals surface area (Å²) in [5, 5.41) is 0.382. The fraction of sp³-hybridized carbons (Fsp3) is 0.333. The predicted octanol–water partition coefficient (Wildman–Crippen LogP) is 3.24. The number of esters is 1. The maximum absolute atomic E-state index is 12.6. The van der Waals surface area contributed by atoms with E-state index in [-0.39, 0.29) is 17.9 Å². The summed E-state index contributed by atoms with van der Waals surface area (Å²) in [7, 11) is 0. The number of imidazole rings is 1. The third-order valence-electron chi connectivity index (χ3n) is 2.42. The summed E-state index contributed by atoms with van der Waals surface area (Å²) >= 11 is 1.09. The van der Waals surface area contributed by atoms with Crippen LogP contribution >= 0.6 is 11.8 Å². The number of carbonyl (C=O) groups excluding carboxylic acids is 1. The van der Waals surface area contributed by atoms with Crippen LogP contribution in [0.3, 0.4) is 0 Å². The zero-order valence-corrected chi connectivity index (χ0v) is 11.3. The summed E-state index contributed by atoms with van der Waals surface area (Å²) in [6.45, 7) is 1.98. The predicted molar refractivity (Wildman–Crippen MR) is 68.5 cm³/mol. The Morgan fingerprint density at radius 2 is 2.20 bits per heavy atom. The number of nitrogens with zero attached hydrogens (tertiary/aromatic N) is 1. The number of nitrogens with one attached hydrogen (secondary N) is 1. The zero-order valence-electron chi connectivity index (χ0n) is 10.5. The monoisotopic (exact) mass is 304 g/mol. The van der Waals surface area contributed by atoms with Gasteiger partial charge in [0.05, 0.1) is 29.0 Å². The van der Waals surface area contributed by atoms with Crippen LogP contribution in [0.2, 0.25) is 0 Å². The molecule has 1 N–H and O–H groups in total. The highest BCUT2D eigenvalue weighted by Crippen LogP contribution is 2.31. The van der Waals surface area contributed by atoms with Crippen molar-refractivity contribution in [2.75, 3.05) is 12.4 Å². The maximum Gasteiger partial charge on any atom is 0.416 e. The fourth-order valence-electron chi connectivity index (χ4n) is 1.56. The van der Waals surface area contributed by atoms with Crippen molar-refractivity contribution >= 4 is 28.8 Å². The summed E-state index contributed by atoms with van der Waals surface area (Å²) in [4.78, 5) is 18.0. The standard InChI is InChI=1S/C12H11F3N2O2S/c1-2-19-10(18)6-20-11-16-8-4-3-7(12(13,14)15)5-9(8)17-11/h3-5H,2,6H2,1H3,(H,16,17). The van der Waals surface area contributed by atoms with E-state index in [0.717, 1.165) is 23.9 Å². The SMILES string of the molecule is CCOC(=O)CSc1nc2ccc(C(F)(F)F)cc2[nH]1. The van der Waals surface area contributed by atoms with Crippen molar-refractivity contribution in [3.05, 3.63) is 23.8 Å². The normalized spacial score (nSPS) is 11.8. The lowest BCUT2D eigenvalue weighted by Crippen LogP contribution is -2.06. The third kappa shape index (κ3) is 3.44. The highest BCUT2D eigenvalue weighted by Gasteiger charge is 2.30. The van der Waals surface area contributed by atoms with Crippen molar-refractivity contribution in [2.24, 2.45) is 0 Å². The molecular formula is C12H11F3N2O2S. The van der Waals surface area contributed by atoms with E-state index in [2.05, 4.69) is 9.97 Å². The molecule has 0 atom stereocenters. The number of benzene rings is 1. The van der Waals surface area contributed by atoms with Gasteiger partial charge in [0.1, 0.15) is 0 Å². The molecule has 0 saturated heterocycles. The summed E-state index contributed by atoms with van der Waals surface area (Å²) in [5.74, 6) is -0.339. The van der Waals surface area contributed by atoms with Gasteiger partial charge in [-0.1, -0.05) is 11.8 Å². The summed E-state index contributed by atoms with van der Waals surface area (Å²) in [6.07, 6.45) is -4.39. The Bertz CT molecular complexity index is 625. The highest BCUT2D eigenvalue weighted by atomic mass is 32.2. The molecule has 0 radical (unpaired) electrons. The molecule has 0 aliphatic carbocycles. The van der Waals surface area contributed by atoms with Gasteiger partial charge in [0.2, 0.25) is 0 Å². The van der Waals surface area contributed by atoms with E-state index in [1.54, 1.807) is 6.92 Å². The second-order valence-electron chi connectivity index (χ2n) is 3.87. The Labute approximate surface area is 116 Å². The lowest BCUT2D eigenvalue weighted by Gasteiger charge is -2.05. The summed E-state index contributed by atoms with van der Waals surface area (Å²) < 4.78 is 42.4. The molecule has 0 bridgehead atoms. The Hall–Kier alpha value is -1.70. The number of carbonyl (C=O) groups is 1. The van der Waals surface area contributed by atoms with Crippen molar-refractivity contribution in [3.63, 3.8) is 0 Å². The molecule has 0 fully saturated rings. The molecule has 0 amide bonds. The van der Waals surface area contributed by atoms with Gasteiger partial charge >= 0.3 is 12.1 Å². The van der Waals surface area contributed by atoms with E-state index in [0.29, 0.717) is 10.7 Å². The minimum absolute atomic E-state index is 0.0553. The van der Waals surface area contributed by atoms with Crippen LogP contribution in [0.15, 0.2) is 23.4 Å². The largest absolute Gasteiger partial charge is 0.465 e. The number of aromatic amines is 1. The number of H-pyrrole nitrogens is 1. The summed E-state index contributed by atoms with van der Waals surface area (Å²) in [5.41, 5.74) is -0.0360. The topological polar surface area (TPSA) is 55.0 Å². The number of hydrogen-bond donors (Lipinski definition) is 1. The molecule has 1 aromatic carbocycles. The van der Waals surface area contributed by atoms with Gasteiger partial charge in [0.15, 0.2) is 5.16 Å². The van der Waals surface area contributed by atoms with Crippen LogP contribution in [0.25, 0.3) is 11.0 Å². The molecule has 1 aromatic heterocycles. The number of fused-ring (bicyclic) bond motifs is 1. The van der Waals surface area contributed by atoms with Gasteiger partial charge in [0, 0.05) is 0 Å². The number of halogens is 3. The average Bonchev–Trinajstić information content (AvgIpc) is 2.77. The molecule has 4 nitrogen and oxygen atoms in total. The van der Waals surface area contributed by atoms with Crippen LogP contribution < -0.4 is 0 Å². The van der Waals surface area contributed by atoms with Crippen molar-refractivity contribution in [1.29, 1.82) is 0 Å². The van der Waals surface area contributed by atoms with Crippen LogP contribution in [0.1, 0.15) is 12.5 Å². The second kappa shape index (κ2) is 5.74.